The van der Waals surface area contributed by atoms with Crippen LogP contribution in [-0.4, -0.2) is 16.3 Å². The minimum atomic E-state index is 0.394. The van der Waals surface area contributed by atoms with Crippen LogP contribution in [0, 0.1) is 0 Å². The van der Waals surface area contributed by atoms with Crippen LogP contribution in [0.4, 0.5) is 0 Å². The van der Waals surface area contributed by atoms with E-state index < -0.39 is 0 Å². The Labute approximate surface area is 122 Å². The van der Waals surface area contributed by atoms with E-state index in [9.17, 15) is 0 Å². The second-order valence-corrected chi connectivity index (χ2v) is 5.17. The molecule has 0 radical (unpaired) electrons. The molecule has 3 nitrogen and oxygen atoms in total. The molecule has 108 valence electrons. The Bertz CT molecular complexity index is 490. The van der Waals surface area contributed by atoms with Gasteiger partial charge in [-0.2, -0.15) is 5.10 Å². The second kappa shape index (κ2) is 7.85. The first-order chi connectivity index (χ1) is 9.83. The topological polar surface area (TPSA) is 29.9 Å². The molecule has 1 atom stereocenters. The summed E-state index contributed by atoms with van der Waals surface area (Å²) in [6, 6.07) is 11.1. The average Bonchev–Trinajstić information content (AvgIpc) is 2.93. The lowest BCUT2D eigenvalue weighted by Crippen LogP contribution is -2.21. The first-order valence-electron chi connectivity index (χ1n) is 7.63. The number of hydrogen-bond donors (Lipinski definition) is 1. The van der Waals surface area contributed by atoms with Crippen LogP contribution in [0.15, 0.2) is 42.7 Å². The summed E-state index contributed by atoms with van der Waals surface area (Å²) in [6.07, 6.45) is 7.51. The van der Waals surface area contributed by atoms with Crippen LogP contribution < -0.4 is 5.32 Å². The summed E-state index contributed by atoms with van der Waals surface area (Å²) in [6.45, 7) is 6.32. The van der Waals surface area contributed by atoms with Crippen molar-refractivity contribution in [2.45, 2.75) is 45.7 Å². The first kappa shape index (κ1) is 14.8. The number of aryl methyl sites for hydroxylation is 2. The number of benzene rings is 1. The minimum Gasteiger partial charge on any atom is -0.310 e. The number of aromatic nitrogens is 2. The molecule has 20 heavy (non-hydrogen) atoms. The fraction of sp³-hybridized carbons (Fsp3) is 0.471. The molecule has 0 amide bonds. The maximum atomic E-state index is 4.44. The molecular weight excluding hydrogens is 246 g/mol. The van der Waals surface area contributed by atoms with Gasteiger partial charge in [-0.05, 0) is 31.4 Å². The Hall–Kier alpha value is -1.61. The normalized spacial score (nSPS) is 12.5. The van der Waals surface area contributed by atoms with E-state index in [2.05, 4.69) is 60.8 Å². The van der Waals surface area contributed by atoms with Gasteiger partial charge in [0, 0.05) is 24.3 Å². The Morgan fingerprint density at radius 1 is 1.20 bits per heavy atom. The summed E-state index contributed by atoms with van der Waals surface area (Å²) >= 11 is 0. The third-order valence-corrected chi connectivity index (χ3v) is 3.52. The van der Waals surface area contributed by atoms with Gasteiger partial charge in [0.2, 0.25) is 0 Å². The van der Waals surface area contributed by atoms with E-state index in [1.54, 1.807) is 0 Å². The van der Waals surface area contributed by atoms with Gasteiger partial charge in [-0.15, -0.1) is 0 Å². The van der Waals surface area contributed by atoms with Crippen LogP contribution in [0.3, 0.4) is 0 Å². The van der Waals surface area contributed by atoms with Crippen molar-refractivity contribution in [2.24, 2.45) is 0 Å². The quantitative estimate of drug-likeness (QED) is 0.795. The molecule has 1 unspecified atom stereocenters. The van der Waals surface area contributed by atoms with Crippen molar-refractivity contribution in [3.63, 3.8) is 0 Å². The molecule has 1 heterocycles. The lowest BCUT2D eigenvalue weighted by atomic mass is 10.0. The van der Waals surface area contributed by atoms with E-state index in [0.717, 1.165) is 32.4 Å². The molecule has 1 aromatic carbocycles. The zero-order valence-electron chi connectivity index (χ0n) is 12.5. The van der Waals surface area contributed by atoms with Crippen LogP contribution in [0.2, 0.25) is 0 Å². The highest BCUT2D eigenvalue weighted by Gasteiger charge is 2.12. The molecule has 2 aromatic rings. The van der Waals surface area contributed by atoms with Crippen LogP contribution >= 0.6 is 0 Å². The van der Waals surface area contributed by atoms with Crippen molar-refractivity contribution in [2.75, 3.05) is 6.54 Å². The van der Waals surface area contributed by atoms with Gasteiger partial charge in [-0.25, -0.2) is 0 Å². The van der Waals surface area contributed by atoms with Crippen LogP contribution in [-0.2, 0) is 13.0 Å². The van der Waals surface area contributed by atoms with Gasteiger partial charge in [0.1, 0.15) is 0 Å². The summed E-state index contributed by atoms with van der Waals surface area (Å²) < 4.78 is 2.04. The molecule has 2 rings (SSSR count). The van der Waals surface area contributed by atoms with E-state index in [4.69, 9.17) is 0 Å². The molecule has 1 aromatic heterocycles. The van der Waals surface area contributed by atoms with Crippen LogP contribution in [0.5, 0.6) is 0 Å². The summed E-state index contributed by atoms with van der Waals surface area (Å²) in [5.41, 5.74) is 2.70. The van der Waals surface area contributed by atoms with E-state index in [1.807, 2.05) is 10.9 Å². The largest absolute Gasteiger partial charge is 0.310 e. The predicted molar refractivity (Wildman–Crippen MR) is 83.7 cm³/mol. The van der Waals surface area contributed by atoms with E-state index in [0.29, 0.717) is 6.04 Å². The van der Waals surface area contributed by atoms with Crippen molar-refractivity contribution < 1.29 is 0 Å². The highest BCUT2D eigenvalue weighted by atomic mass is 15.3. The first-order valence-corrected chi connectivity index (χ1v) is 7.63. The molecule has 0 aliphatic heterocycles. The molecule has 0 aliphatic carbocycles. The zero-order valence-corrected chi connectivity index (χ0v) is 12.5. The van der Waals surface area contributed by atoms with E-state index >= 15 is 0 Å². The fourth-order valence-electron chi connectivity index (χ4n) is 2.50. The van der Waals surface area contributed by atoms with Crippen molar-refractivity contribution in [3.05, 3.63) is 53.9 Å². The highest BCUT2D eigenvalue weighted by molar-refractivity contribution is 5.16. The standard InChI is InChI=1S/C17H25N3/c1-3-12-20-14-16(13-19-20)17(18-4-2)11-10-15-8-6-5-7-9-15/h5-9,13-14,17-18H,3-4,10-12H2,1-2H3. The van der Waals surface area contributed by atoms with Gasteiger partial charge in [0.25, 0.3) is 0 Å². The van der Waals surface area contributed by atoms with Gasteiger partial charge >= 0.3 is 0 Å². The Balaban J connectivity index is 1.98. The van der Waals surface area contributed by atoms with Gasteiger partial charge in [-0.3, -0.25) is 4.68 Å². The SMILES string of the molecule is CCCn1cc(C(CCc2ccccc2)NCC)cn1. The molecule has 0 spiro atoms. The smallest absolute Gasteiger partial charge is 0.0537 e. The van der Waals surface area contributed by atoms with Gasteiger partial charge in [0.05, 0.1) is 6.20 Å². The highest BCUT2D eigenvalue weighted by Crippen LogP contribution is 2.19. The molecular formula is C17H25N3. The number of rotatable bonds is 8. The third kappa shape index (κ3) is 4.20. The monoisotopic (exact) mass is 271 g/mol. The Kier molecular flexibility index (Phi) is 5.81. The third-order valence-electron chi connectivity index (χ3n) is 3.52. The zero-order chi connectivity index (χ0) is 14.2. The molecule has 1 N–H and O–H groups in total. The van der Waals surface area contributed by atoms with Crippen LogP contribution in [0.25, 0.3) is 0 Å². The fourth-order valence-corrected chi connectivity index (χ4v) is 2.50. The van der Waals surface area contributed by atoms with E-state index in [-0.39, 0.29) is 0 Å². The summed E-state index contributed by atoms with van der Waals surface area (Å²) in [4.78, 5) is 0. The number of nitrogens with one attached hydrogen (secondary N) is 1. The predicted octanol–water partition coefficient (Wildman–Crippen LogP) is 3.58. The maximum absolute atomic E-state index is 4.44. The molecule has 3 heteroatoms. The molecule has 0 aliphatic rings. The summed E-state index contributed by atoms with van der Waals surface area (Å²) in [5.74, 6) is 0. The van der Waals surface area contributed by atoms with Crippen molar-refractivity contribution in [1.82, 2.24) is 15.1 Å². The van der Waals surface area contributed by atoms with Gasteiger partial charge in [-0.1, -0.05) is 44.2 Å². The van der Waals surface area contributed by atoms with Crippen molar-refractivity contribution in [1.29, 1.82) is 0 Å². The minimum absolute atomic E-state index is 0.394. The van der Waals surface area contributed by atoms with E-state index in [1.165, 1.54) is 11.1 Å². The Morgan fingerprint density at radius 2 is 2.00 bits per heavy atom. The molecule has 0 saturated heterocycles. The van der Waals surface area contributed by atoms with Gasteiger partial charge < -0.3 is 5.32 Å². The lowest BCUT2D eigenvalue weighted by Gasteiger charge is -2.16. The number of hydrogen-bond acceptors (Lipinski definition) is 2. The molecule has 0 saturated carbocycles. The second-order valence-electron chi connectivity index (χ2n) is 5.17. The summed E-state index contributed by atoms with van der Waals surface area (Å²) in [7, 11) is 0. The molecule has 0 fully saturated rings. The summed E-state index contributed by atoms with van der Waals surface area (Å²) in [5, 5.41) is 8.01. The molecule has 0 bridgehead atoms. The Morgan fingerprint density at radius 3 is 2.70 bits per heavy atom. The number of nitrogens with zero attached hydrogens (tertiary/aromatic N) is 2. The average molecular weight is 271 g/mol. The lowest BCUT2D eigenvalue weighted by molar-refractivity contribution is 0.514. The van der Waals surface area contributed by atoms with Gasteiger partial charge in [0.15, 0.2) is 0 Å². The van der Waals surface area contributed by atoms with Crippen molar-refractivity contribution >= 4 is 0 Å². The maximum Gasteiger partial charge on any atom is 0.0537 e. The van der Waals surface area contributed by atoms with Crippen molar-refractivity contribution in [3.8, 4) is 0 Å². The van der Waals surface area contributed by atoms with Crippen LogP contribution in [0.1, 0.15) is 43.9 Å².